The number of benzene rings is 2. The molecule has 2 aliphatic rings. The van der Waals surface area contributed by atoms with Crippen molar-refractivity contribution in [2.45, 2.75) is 31.8 Å². The molecule has 0 radical (unpaired) electrons. The number of carbonyl (C=O) groups is 2. The zero-order valence-electron chi connectivity index (χ0n) is 15.8. The van der Waals surface area contributed by atoms with Crippen LogP contribution in [-0.2, 0) is 21.5 Å². The second-order valence-electron chi connectivity index (χ2n) is 7.71. The van der Waals surface area contributed by atoms with Crippen LogP contribution in [0.1, 0.15) is 25.0 Å². The monoisotopic (exact) mass is 418 g/mol. The van der Waals surface area contributed by atoms with Gasteiger partial charge in [0.2, 0.25) is 11.8 Å². The van der Waals surface area contributed by atoms with Crippen molar-refractivity contribution in [3.05, 3.63) is 57.6 Å². The molecule has 1 saturated heterocycles. The molecule has 2 amide bonds. The average molecular weight is 419 g/mol. The number of halogens is 2. The molecule has 1 fully saturated rings. The molecule has 2 heterocycles. The van der Waals surface area contributed by atoms with E-state index in [4.69, 9.17) is 27.9 Å². The lowest BCUT2D eigenvalue weighted by molar-refractivity contribution is -0.143. The highest BCUT2D eigenvalue weighted by Gasteiger charge is 2.55. The molecule has 0 N–H and O–H groups in total. The standard InChI is InChI=1S/C21H20Cl2N2O3/c1-21(2)15-8-13(22)9-16(23)18(15)25-17(26)11-24(20(27)19(21)25)10-12-4-6-14(28-3)7-5-12/h4-9,19H,10-11H2,1-3H3. The Kier molecular flexibility index (Phi) is 4.55. The van der Waals surface area contributed by atoms with Gasteiger partial charge in [-0.15, -0.1) is 0 Å². The van der Waals surface area contributed by atoms with Crippen LogP contribution in [-0.4, -0.2) is 36.4 Å². The van der Waals surface area contributed by atoms with Crippen molar-refractivity contribution in [2.24, 2.45) is 0 Å². The Labute approximate surface area is 173 Å². The van der Waals surface area contributed by atoms with E-state index in [0.29, 0.717) is 22.3 Å². The van der Waals surface area contributed by atoms with E-state index in [-0.39, 0.29) is 18.4 Å². The molecule has 2 aromatic rings. The summed E-state index contributed by atoms with van der Waals surface area (Å²) in [6.45, 7) is 4.27. The molecule has 0 aliphatic carbocycles. The molecule has 0 bridgehead atoms. The number of rotatable bonds is 3. The number of hydrogen-bond acceptors (Lipinski definition) is 3. The first-order valence-corrected chi connectivity index (χ1v) is 9.73. The fraction of sp³-hybridized carbons (Fsp3) is 0.333. The third kappa shape index (κ3) is 2.85. The van der Waals surface area contributed by atoms with Crippen LogP contribution in [0, 0.1) is 0 Å². The topological polar surface area (TPSA) is 49.9 Å². The van der Waals surface area contributed by atoms with E-state index in [2.05, 4.69) is 0 Å². The number of ether oxygens (including phenoxy) is 1. The van der Waals surface area contributed by atoms with Crippen LogP contribution < -0.4 is 9.64 Å². The zero-order chi connectivity index (χ0) is 20.2. The van der Waals surface area contributed by atoms with E-state index < -0.39 is 11.5 Å². The van der Waals surface area contributed by atoms with Crippen molar-refractivity contribution < 1.29 is 14.3 Å². The van der Waals surface area contributed by atoms with Crippen LogP contribution in [0.15, 0.2) is 36.4 Å². The van der Waals surface area contributed by atoms with Gasteiger partial charge < -0.3 is 9.64 Å². The van der Waals surface area contributed by atoms with E-state index in [1.54, 1.807) is 29.0 Å². The number of hydrogen-bond donors (Lipinski definition) is 0. The lowest BCUT2D eigenvalue weighted by Gasteiger charge is -2.41. The maximum atomic E-state index is 13.4. The van der Waals surface area contributed by atoms with E-state index in [0.717, 1.165) is 16.9 Å². The van der Waals surface area contributed by atoms with Gasteiger partial charge in [0.1, 0.15) is 18.3 Å². The van der Waals surface area contributed by atoms with Gasteiger partial charge in [-0.2, -0.15) is 0 Å². The number of anilines is 1. The van der Waals surface area contributed by atoms with Crippen molar-refractivity contribution in [1.82, 2.24) is 4.90 Å². The SMILES string of the molecule is COc1ccc(CN2CC(=O)N3c4c(Cl)cc(Cl)cc4C(C)(C)C3C2=O)cc1. The number of nitrogens with zero attached hydrogens (tertiary/aromatic N) is 2. The first-order chi connectivity index (χ1) is 13.2. The highest BCUT2D eigenvalue weighted by Crippen LogP contribution is 2.51. The van der Waals surface area contributed by atoms with Crippen LogP contribution in [0.25, 0.3) is 0 Å². The normalized spacial score (nSPS) is 20.2. The summed E-state index contributed by atoms with van der Waals surface area (Å²) in [6.07, 6.45) is 0. The Morgan fingerprint density at radius 2 is 1.82 bits per heavy atom. The van der Waals surface area contributed by atoms with E-state index in [9.17, 15) is 9.59 Å². The van der Waals surface area contributed by atoms with Crippen molar-refractivity contribution >= 4 is 40.7 Å². The summed E-state index contributed by atoms with van der Waals surface area (Å²) >= 11 is 12.6. The Morgan fingerprint density at radius 3 is 2.46 bits per heavy atom. The van der Waals surface area contributed by atoms with Crippen molar-refractivity contribution in [1.29, 1.82) is 0 Å². The van der Waals surface area contributed by atoms with Crippen LogP contribution >= 0.6 is 23.2 Å². The van der Waals surface area contributed by atoms with Crippen LogP contribution in [0.2, 0.25) is 10.0 Å². The lowest BCUT2D eigenvalue weighted by atomic mass is 9.79. The Hall–Kier alpha value is -2.24. The highest BCUT2D eigenvalue weighted by molar-refractivity contribution is 6.37. The first kappa shape index (κ1) is 19.1. The van der Waals surface area contributed by atoms with Crippen molar-refractivity contribution in [3.63, 3.8) is 0 Å². The third-order valence-electron chi connectivity index (χ3n) is 5.58. The second kappa shape index (κ2) is 6.68. The van der Waals surface area contributed by atoms with Crippen molar-refractivity contribution in [3.8, 4) is 5.75 Å². The molecule has 0 spiro atoms. The van der Waals surface area contributed by atoms with Gasteiger partial charge in [0.15, 0.2) is 0 Å². The van der Waals surface area contributed by atoms with Gasteiger partial charge in [-0.25, -0.2) is 0 Å². The molecular formula is C21H20Cl2N2O3. The van der Waals surface area contributed by atoms with Crippen molar-refractivity contribution in [2.75, 3.05) is 18.6 Å². The minimum atomic E-state index is -0.641. The van der Waals surface area contributed by atoms with Gasteiger partial charge >= 0.3 is 0 Å². The maximum Gasteiger partial charge on any atom is 0.247 e. The summed E-state index contributed by atoms with van der Waals surface area (Å²) < 4.78 is 5.17. The van der Waals surface area contributed by atoms with Crippen LogP contribution in [0.5, 0.6) is 5.75 Å². The minimum Gasteiger partial charge on any atom is -0.497 e. The molecule has 1 unspecified atom stereocenters. The quantitative estimate of drug-likeness (QED) is 0.755. The molecule has 7 heteroatoms. The summed E-state index contributed by atoms with van der Waals surface area (Å²) in [4.78, 5) is 29.6. The Bertz CT molecular complexity index is 972. The van der Waals surface area contributed by atoms with Gasteiger partial charge in [0.05, 0.1) is 17.8 Å². The molecule has 1 atom stereocenters. The largest absolute Gasteiger partial charge is 0.497 e. The molecule has 0 aromatic heterocycles. The summed E-state index contributed by atoms with van der Waals surface area (Å²) in [5, 5.41) is 0.884. The number of fused-ring (bicyclic) bond motifs is 3. The molecule has 2 aromatic carbocycles. The summed E-state index contributed by atoms with van der Waals surface area (Å²) in [7, 11) is 1.60. The van der Waals surface area contributed by atoms with Gasteiger partial charge in [-0.3, -0.25) is 14.5 Å². The molecule has 0 saturated carbocycles. The van der Waals surface area contributed by atoms with Gasteiger partial charge in [-0.1, -0.05) is 49.2 Å². The zero-order valence-corrected chi connectivity index (χ0v) is 17.3. The summed E-state index contributed by atoms with van der Waals surface area (Å²) in [5.41, 5.74) is 1.76. The lowest BCUT2D eigenvalue weighted by Crippen LogP contribution is -2.62. The molecule has 146 valence electrons. The summed E-state index contributed by atoms with van der Waals surface area (Å²) in [6, 6.07) is 10.3. The van der Waals surface area contributed by atoms with E-state index >= 15 is 0 Å². The van der Waals surface area contributed by atoms with Crippen LogP contribution in [0.3, 0.4) is 0 Å². The predicted molar refractivity (Wildman–Crippen MR) is 109 cm³/mol. The van der Waals surface area contributed by atoms with Crippen LogP contribution in [0.4, 0.5) is 5.69 Å². The fourth-order valence-corrected chi connectivity index (χ4v) is 4.75. The predicted octanol–water partition coefficient (Wildman–Crippen LogP) is 4.04. The number of piperazine rings is 1. The second-order valence-corrected chi connectivity index (χ2v) is 8.56. The number of amides is 2. The van der Waals surface area contributed by atoms with Gasteiger partial charge in [0, 0.05) is 17.0 Å². The average Bonchev–Trinajstić information content (AvgIpc) is 2.88. The first-order valence-electron chi connectivity index (χ1n) is 8.97. The molecule has 5 nitrogen and oxygen atoms in total. The third-order valence-corrected chi connectivity index (χ3v) is 6.08. The molecule has 4 rings (SSSR count). The number of carbonyl (C=O) groups excluding carboxylic acids is 2. The fourth-order valence-electron chi connectivity index (χ4n) is 4.16. The molecule has 2 aliphatic heterocycles. The maximum absolute atomic E-state index is 13.4. The Balaban J connectivity index is 1.69. The minimum absolute atomic E-state index is 0.00976. The summed E-state index contributed by atoms with van der Waals surface area (Å²) in [5.74, 6) is 0.507. The van der Waals surface area contributed by atoms with Gasteiger partial charge in [0.25, 0.3) is 0 Å². The molecular weight excluding hydrogens is 399 g/mol. The number of methoxy groups -OCH3 is 1. The highest BCUT2D eigenvalue weighted by atomic mass is 35.5. The Morgan fingerprint density at radius 1 is 1.14 bits per heavy atom. The van der Waals surface area contributed by atoms with E-state index in [1.165, 1.54) is 0 Å². The van der Waals surface area contributed by atoms with E-state index in [1.807, 2.05) is 38.1 Å². The smallest absolute Gasteiger partial charge is 0.247 e. The molecule has 28 heavy (non-hydrogen) atoms. The van der Waals surface area contributed by atoms with Gasteiger partial charge in [-0.05, 0) is 35.4 Å².